The van der Waals surface area contributed by atoms with E-state index in [9.17, 15) is 0 Å². The summed E-state index contributed by atoms with van der Waals surface area (Å²) in [6.45, 7) is 3.98. The molecule has 0 spiro atoms. The zero-order valence-corrected chi connectivity index (χ0v) is 12.7. The molecule has 1 saturated carbocycles. The van der Waals surface area contributed by atoms with E-state index in [1.54, 1.807) is 7.11 Å². The van der Waals surface area contributed by atoms with Crippen molar-refractivity contribution in [3.05, 3.63) is 29.8 Å². The minimum atomic E-state index is 0.143. The van der Waals surface area contributed by atoms with Crippen molar-refractivity contribution in [1.82, 2.24) is 5.32 Å². The Morgan fingerprint density at radius 2 is 1.85 bits per heavy atom. The van der Waals surface area contributed by atoms with E-state index in [0.717, 1.165) is 18.8 Å². The summed E-state index contributed by atoms with van der Waals surface area (Å²) in [5.74, 6) is 0.897. The molecule has 0 bridgehead atoms. The largest absolute Gasteiger partial charge is 0.497 e. The maximum Gasteiger partial charge on any atom is 0.118 e. The molecule has 0 saturated heterocycles. The van der Waals surface area contributed by atoms with Gasteiger partial charge < -0.3 is 14.8 Å². The smallest absolute Gasteiger partial charge is 0.118 e. The Balaban J connectivity index is 2.00. The average molecular weight is 277 g/mol. The molecular formula is C17H27NO2. The molecule has 1 fully saturated rings. The lowest BCUT2D eigenvalue weighted by Crippen LogP contribution is -2.27. The van der Waals surface area contributed by atoms with E-state index in [4.69, 9.17) is 9.47 Å². The van der Waals surface area contributed by atoms with E-state index in [0.29, 0.717) is 6.10 Å². The summed E-state index contributed by atoms with van der Waals surface area (Å²) < 4.78 is 11.6. The second kappa shape index (κ2) is 8.28. The first kappa shape index (κ1) is 15.3. The minimum absolute atomic E-state index is 0.143. The zero-order chi connectivity index (χ0) is 14.2. The van der Waals surface area contributed by atoms with Crippen molar-refractivity contribution >= 4 is 0 Å². The summed E-state index contributed by atoms with van der Waals surface area (Å²) in [5.41, 5.74) is 1.23. The summed E-state index contributed by atoms with van der Waals surface area (Å²) >= 11 is 0. The lowest BCUT2D eigenvalue weighted by atomic mass is 9.97. The molecule has 1 aliphatic rings. The first-order valence-electron chi connectivity index (χ1n) is 7.83. The van der Waals surface area contributed by atoms with E-state index in [1.165, 1.54) is 37.7 Å². The van der Waals surface area contributed by atoms with Crippen LogP contribution in [0.25, 0.3) is 0 Å². The minimum Gasteiger partial charge on any atom is -0.497 e. The van der Waals surface area contributed by atoms with Gasteiger partial charge in [0.1, 0.15) is 5.75 Å². The maximum atomic E-state index is 6.35. The number of benzene rings is 1. The van der Waals surface area contributed by atoms with Crippen molar-refractivity contribution < 1.29 is 9.47 Å². The van der Waals surface area contributed by atoms with E-state index >= 15 is 0 Å². The first-order valence-corrected chi connectivity index (χ1v) is 7.83. The number of hydrogen-bond acceptors (Lipinski definition) is 3. The number of nitrogens with one attached hydrogen (secondary N) is 1. The van der Waals surface area contributed by atoms with Crippen LogP contribution in [-0.2, 0) is 4.74 Å². The van der Waals surface area contributed by atoms with Crippen molar-refractivity contribution in [1.29, 1.82) is 0 Å². The Bertz CT molecular complexity index is 371. The van der Waals surface area contributed by atoms with Crippen LogP contribution < -0.4 is 10.1 Å². The Morgan fingerprint density at radius 1 is 1.15 bits per heavy atom. The van der Waals surface area contributed by atoms with Crippen LogP contribution in [0.15, 0.2) is 24.3 Å². The van der Waals surface area contributed by atoms with Gasteiger partial charge in [0.15, 0.2) is 0 Å². The molecule has 0 amide bonds. The number of ether oxygens (including phenoxy) is 2. The van der Waals surface area contributed by atoms with Gasteiger partial charge in [0, 0.05) is 6.54 Å². The molecule has 1 aromatic carbocycles. The lowest BCUT2D eigenvalue weighted by Gasteiger charge is -2.28. The topological polar surface area (TPSA) is 30.5 Å². The van der Waals surface area contributed by atoms with Crippen LogP contribution in [0.4, 0.5) is 0 Å². The Kier molecular flexibility index (Phi) is 6.34. The molecule has 2 rings (SSSR count). The van der Waals surface area contributed by atoms with Crippen LogP contribution >= 0.6 is 0 Å². The van der Waals surface area contributed by atoms with Gasteiger partial charge in [0.05, 0.1) is 19.3 Å². The molecular weight excluding hydrogens is 250 g/mol. The van der Waals surface area contributed by atoms with Gasteiger partial charge in [0.2, 0.25) is 0 Å². The number of likely N-dealkylation sites (N-methyl/N-ethyl adjacent to an activating group) is 1. The molecule has 112 valence electrons. The summed E-state index contributed by atoms with van der Waals surface area (Å²) in [4.78, 5) is 0. The van der Waals surface area contributed by atoms with Crippen LogP contribution in [0.5, 0.6) is 5.75 Å². The Morgan fingerprint density at radius 3 is 2.45 bits per heavy atom. The van der Waals surface area contributed by atoms with Gasteiger partial charge in [-0.3, -0.25) is 0 Å². The van der Waals surface area contributed by atoms with Crippen LogP contribution in [0.3, 0.4) is 0 Å². The molecule has 0 radical (unpaired) electrons. The first-order chi connectivity index (χ1) is 9.83. The van der Waals surface area contributed by atoms with E-state index in [2.05, 4.69) is 24.4 Å². The number of rotatable bonds is 7. The Hall–Kier alpha value is -1.06. The predicted molar refractivity (Wildman–Crippen MR) is 82.2 cm³/mol. The average Bonchev–Trinajstić information content (AvgIpc) is 2.52. The third-order valence-corrected chi connectivity index (χ3v) is 3.98. The molecule has 1 aromatic rings. The maximum absolute atomic E-state index is 6.35. The third kappa shape index (κ3) is 4.50. The second-order valence-electron chi connectivity index (χ2n) is 5.47. The highest BCUT2D eigenvalue weighted by Gasteiger charge is 2.20. The fourth-order valence-corrected chi connectivity index (χ4v) is 2.77. The molecule has 1 aliphatic carbocycles. The van der Waals surface area contributed by atoms with Crippen LogP contribution in [-0.4, -0.2) is 26.3 Å². The normalized spacial score (nSPS) is 17.9. The number of hydrogen-bond donors (Lipinski definition) is 1. The van der Waals surface area contributed by atoms with Crippen molar-refractivity contribution in [2.75, 3.05) is 20.2 Å². The van der Waals surface area contributed by atoms with Gasteiger partial charge in [-0.05, 0) is 37.1 Å². The third-order valence-electron chi connectivity index (χ3n) is 3.98. The van der Waals surface area contributed by atoms with Crippen molar-refractivity contribution in [3.8, 4) is 5.75 Å². The van der Waals surface area contributed by atoms with Crippen molar-refractivity contribution in [2.24, 2.45) is 0 Å². The number of methoxy groups -OCH3 is 1. The van der Waals surface area contributed by atoms with Gasteiger partial charge in [-0.1, -0.05) is 38.3 Å². The summed E-state index contributed by atoms with van der Waals surface area (Å²) in [5, 5.41) is 3.41. The molecule has 0 heterocycles. The molecule has 1 unspecified atom stereocenters. The quantitative estimate of drug-likeness (QED) is 0.824. The van der Waals surface area contributed by atoms with E-state index in [1.807, 2.05) is 12.1 Å². The molecule has 1 N–H and O–H groups in total. The lowest BCUT2D eigenvalue weighted by molar-refractivity contribution is -0.0304. The van der Waals surface area contributed by atoms with Crippen molar-refractivity contribution in [2.45, 2.75) is 51.2 Å². The van der Waals surface area contributed by atoms with Gasteiger partial charge >= 0.3 is 0 Å². The summed E-state index contributed by atoms with van der Waals surface area (Å²) in [6.07, 6.45) is 6.96. The highest BCUT2D eigenvalue weighted by Crippen LogP contribution is 2.27. The standard InChI is InChI=1S/C17H27NO2/c1-3-18-13-17(20-16-7-5-4-6-8-16)14-9-11-15(19-2)12-10-14/h9-12,16-18H,3-8,13H2,1-2H3. The van der Waals surface area contributed by atoms with Crippen LogP contribution in [0.1, 0.15) is 50.7 Å². The fourth-order valence-electron chi connectivity index (χ4n) is 2.77. The fraction of sp³-hybridized carbons (Fsp3) is 0.647. The Labute approximate surface area is 122 Å². The van der Waals surface area contributed by atoms with Gasteiger partial charge in [-0.25, -0.2) is 0 Å². The predicted octanol–water partition coefficient (Wildman–Crippen LogP) is 3.70. The highest BCUT2D eigenvalue weighted by atomic mass is 16.5. The molecule has 0 aromatic heterocycles. The van der Waals surface area contributed by atoms with Gasteiger partial charge in [0.25, 0.3) is 0 Å². The molecule has 3 nitrogen and oxygen atoms in total. The summed E-state index contributed by atoms with van der Waals surface area (Å²) in [7, 11) is 1.70. The molecule has 3 heteroatoms. The van der Waals surface area contributed by atoms with Crippen LogP contribution in [0.2, 0.25) is 0 Å². The van der Waals surface area contributed by atoms with Crippen molar-refractivity contribution in [3.63, 3.8) is 0 Å². The molecule has 0 aliphatic heterocycles. The van der Waals surface area contributed by atoms with Gasteiger partial charge in [-0.15, -0.1) is 0 Å². The second-order valence-corrected chi connectivity index (χ2v) is 5.47. The van der Waals surface area contributed by atoms with Crippen LogP contribution in [0, 0.1) is 0 Å². The summed E-state index contributed by atoms with van der Waals surface area (Å²) in [6, 6.07) is 8.25. The van der Waals surface area contributed by atoms with E-state index in [-0.39, 0.29) is 6.10 Å². The molecule has 20 heavy (non-hydrogen) atoms. The monoisotopic (exact) mass is 277 g/mol. The highest BCUT2D eigenvalue weighted by molar-refractivity contribution is 5.28. The van der Waals surface area contributed by atoms with Gasteiger partial charge in [-0.2, -0.15) is 0 Å². The van der Waals surface area contributed by atoms with E-state index < -0.39 is 0 Å². The zero-order valence-electron chi connectivity index (χ0n) is 12.7. The molecule has 1 atom stereocenters. The SMILES string of the molecule is CCNCC(OC1CCCCC1)c1ccc(OC)cc1.